The molecule has 3 nitrogen and oxygen atoms in total. The van der Waals surface area contributed by atoms with Crippen molar-refractivity contribution in [2.45, 2.75) is 45.3 Å². The van der Waals surface area contributed by atoms with E-state index >= 15 is 0 Å². The summed E-state index contributed by atoms with van der Waals surface area (Å²) in [6, 6.07) is 12.5. The lowest BCUT2D eigenvalue weighted by Gasteiger charge is -2.19. The molecule has 2 N–H and O–H groups in total. The zero-order valence-electron chi connectivity index (χ0n) is 14.6. The molecule has 0 saturated heterocycles. The minimum Gasteiger partial charge on any atom is -0.491 e. The van der Waals surface area contributed by atoms with Crippen molar-refractivity contribution >= 4 is 23.7 Å². The van der Waals surface area contributed by atoms with Crippen molar-refractivity contribution in [2.75, 3.05) is 13.2 Å². The average molecular weight is 370 g/mol. The Morgan fingerprint density at radius 1 is 1.17 bits per heavy atom. The van der Waals surface area contributed by atoms with E-state index in [1.165, 1.54) is 10.4 Å². The lowest BCUT2D eigenvalue weighted by molar-refractivity contribution is 0.103. The highest BCUT2D eigenvalue weighted by atomic mass is 35.5. The summed E-state index contributed by atoms with van der Waals surface area (Å²) >= 11 is 1.73. The number of para-hydroxylation sites is 1. The van der Waals surface area contributed by atoms with E-state index in [1.54, 1.807) is 11.3 Å². The van der Waals surface area contributed by atoms with Crippen LogP contribution in [-0.4, -0.2) is 24.4 Å². The summed E-state index contributed by atoms with van der Waals surface area (Å²) in [5, 5.41) is 15.6. The van der Waals surface area contributed by atoms with Gasteiger partial charge in [0.05, 0.1) is 0 Å². The van der Waals surface area contributed by atoms with Crippen molar-refractivity contribution in [3.8, 4) is 5.75 Å². The number of nitrogens with one attached hydrogen (secondary N) is 1. The standard InChI is InChI=1S/C19H27NO2S.ClH/c1-4-14(2)17-8-5-6-9-18(17)22-13-16(21)12-20-15(3)19-10-7-11-23-19;/h5-11,14-16,20-21H,4,12-13H2,1-3H3;1H. The SMILES string of the molecule is CCC(C)c1ccccc1OCC(O)CNC(C)c1cccs1.Cl. The normalized spacial score (nSPS) is 14.5. The monoisotopic (exact) mass is 369 g/mol. The van der Waals surface area contributed by atoms with Crippen LogP contribution >= 0.6 is 23.7 Å². The van der Waals surface area contributed by atoms with Gasteiger partial charge in [-0.15, -0.1) is 23.7 Å². The van der Waals surface area contributed by atoms with Crippen LogP contribution in [0.4, 0.5) is 0 Å². The van der Waals surface area contributed by atoms with E-state index < -0.39 is 6.10 Å². The van der Waals surface area contributed by atoms with Gasteiger partial charge in [0.25, 0.3) is 0 Å². The molecule has 0 spiro atoms. The fraction of sp³-hybridized carbons (Fsp3) is 0.474. The molecule has 24 heavy (non-hydrogen) atoms. The molecule has 0 saturated carbocycles. The molecule has 5 heteroatoms. The van der Waals surface area contributed by atoms with E-state index in [4.69, 9.17) is 4.74 Å². The number of ether oxygens (including phenoxy) is 1. The first-order valence-electron chi connectivity index (χ1n) is 8.28. The lowest BCUT2D eigenvalue weighted by Crippen LogP contribution is -2.32. The average Bonchev–Trinajstić information content (AvgIpc) is 3.12. The van der Waals surface area contributed by atoms with Crippen LogP contribution in [-0.2, 0) is 0 Å². The first-order chi connectivity index (χ1) is 11.1. The Hall–Kier alpha value is -1.07. The summed E-state index contributed by atoms with van der Waals surface area (Å²) in [7, 11) is 0. The van der Waals surface area contributed by atoms with Crippen molar-refractivity contribution < 1.29 is 9.84 Å². The Bertz CT molecular complexity index is 577. The number of rotatable bonds is 9. The zero-order chi connectivity index (χ0) is 16.7. The third-order valence-corrected chi connectivity index (χ3v) is 5.18. The van der Waals surface area contributed by atoms with Crippen molar-refractivity contribution in [3.63, 3.8) is 0 Å². The van der Waals surface area contributed by atoms with E-state index in [0.29, 0.717) is 19.1 Å². The number of aliphatic hydroxyl groups is 1. The number of hydrogen-bond donors (Lipinski definition) is 2. The van der Waals surface area contributed by atoms with Crippen molar-refractivity contribution in [3.05, 3.63) is 52.2 Å². The first-order valence-corrected chi connectivity index (χ1v) is 9.16. The van der Waals surface area contributed by atoms with Crippen molar-refractivity contribution in [1.82, 2.24) is 5.32 Å². The van der Waals surface area contributed by atoms with Gasteiger partial charge >= 0.3 is 0 Å². The second-order valence-corrected chi connectivity index (χ2v) is 6.94. The summed E-state index contributed by atoms with van der Waals surface area (Å²) in [5.41, 5.74) is 1.21. The van der Waals surface area contributed by atoms with Crippen LogP contribution in [0.2, 0.25) is 0 Å². The van der Waals surface area contributed by atoms with E-state index in [1.807, 2.05) is 24.3 Å². The summed E-state index contributed by atoms with van der Waals surface area (Å²) in [4.78, 5) is 1.28. The highest BCUT2D eigenvalue weighted by molar-refractivity contribution is 7.10. The molecule has 0 amide bonds. The molecular weight excluding hydrogens is 342 g/mol. The van der Waals surface area contributed by atoms with Gasteiger partial charge in [-0.25, -0.2) is 0 Å². The smallest absolute Gasteiger partial charge is 0.122 e. The maximum atomic E-state index is 10.2. The van der Waals surface area contributed by atoms with Gasteiger partial charge in [0, 0.05) is 17.5 Å². The van der Waals surface area contributed by atoms with Crippen LogP contribution in [0.25, 0.3) is 0 Å². The molecule has 0 aliphatic heterocycles. The van der Waals surface area contributed by atoms with Gasteiger partial charge in [0.15, 0.2) is 0 Å². The largest absolute Gasteiger partial charge is 0.491 e. The van der Waals surface area contributed by atoms with Crippen molar-refractivity contribution in [1.29, 1.82) is 0 Å². The van der Waals surface area contributed by atoms with Gasteiger partial charge in [-0.2, -0.15) is 0 Å². The molecule has 1 heterocycles. The summed E-state index contributed by atoms with van der Waals surface area (Å²) < 4.78 is 5.86. The van der Waals surface area contributed by atoms with Crippen LogP contribution in [0.1, 0.15) is 49.6 Å². The van der Waals surface area contributed by atoms with E-state index in [2.05, 4.69) is 43.6 Å². The molecule has 0 aliphatic rings. The fourth-order valence-corrected chi connectivity index (χ4v) is 3.19. The fourth-order valence-electron chi connectivity index (χ4n) is 2.43. The highest BCUT2D eigenvalue weighted by Crippen LogP contribution is 2.28. The second kappa shape index (κ2) is 10.7. The van der Waals surface area contributed by atoms with Gasteiger partial charge in [-0.1, -0.05) is 38.1 Å². The minimum absolute atomic E-state index is 0. The molecule has 0 radical (unpaired) electrons. The Labute approximate surface area is 155 Å². The third kappa shape index (κ3) is 6.10. The van der Waals surface area contributed by atoms with E-state index in [-0.39, 0.29) is 18.4 Å². The summed E-state index contributed by atoms with van der Waals surface area (Å²) in [6.45, 7) is 7.30. The molecule has 2 aromatic rings. The van der Waals surface area contributed by atoms with Crippen LogP contribution in [0.5, 0.6) is 5.75 Å². The van der Waals surface area contributed by atoms with Crippen LogP contribution in [0.3, 0.4) is 0 Å². The number of benzene rings is 1. The van der Waals surface area contributed by atoms with Gasteiger partial charge in [-0.3, -0.25) is 0 Å². The maximum Gasteiger partial charge on any atom is 0.122 e. The first kappa shape index (κ1) is 21.0. The van der Waals surface area contributed by atoms with Gasteiger partial charge in [-0.05, 0) is 42.3 Å². The van der Waals surface area contributed by atoms with Crippen molar-refractivity contribution in [2.24, 2.45) is 0 Å². The van der Waals surface area contributed by atoms with Gasteiger partial charge < -0.3 is 15.2 Å². The number of hydrogen-bond acceptors (Lipinski definition) is 4. The van der Waals surface area contributed by atoms with E-state index in [9.17, 15) is 5.11 Å². The molecule has 0 bridgehead atoms. The lowest BCUT2D eigenvalue weighted by atomic mass is 9.98. The molecule has 1 aromatic carbocycles. The molecule has 3 atom stereocenters. The minimum atomic E-state index is -0.526. The van der Waals surface area contributed by atoms with Gasteiger partial charge in [0.2, 0.25) is 0 Å². The summed E-state index contributed by atoms with van der Waals surface area (Å²) in [5.74, 6) is 1.34. The molecule has 3 unspecified atom stereocenters. The molecule has 1 aromatic heterocycles. The maximum absolute atomic E-state index is 10.2. The zero-order valence-corrected chi connectivity index (χ0v) is 16.2. The highest BCUT2D eigenvalue weighted by Gasteiger charge is 2.13. The molecule has 0 aliphatic carbocycles. The Morgan fingerprint density at radius 2 is 1.92 bits per heavy atom. The predicted molar refractivity (Wildman–Crippen MR) is 105 cm³/mol. The molecule has 134 valence electrons. The topological polar surface area (TPSA) is 41.5 Å². The van der Waals surface area contributed by atoms with Crippen LogP contribution < -0.4 is 10.1 Å². The predicted octanol–water partition coefficient (Wildman–Crippen LogP) is 4.77. The Kier molecular flexibility index (Phi) is 9.37. The molecule has 2 rings (SSSR count). The number of thiophene rings is 1. The second-order valence-electron chi connectivity index (χ2n) is 5.96. The Balaban J connectivity index is 0.00000288. The third-order valence-electron chi connectivity index (χ3n) is 4.12. The van der Waals surface area contributed by atoms with Crippen LogP contribution in [0, 0.1) is 0 Å². The summed E-state index contributed by atoms with van der Waals surface area (Å²) in [6.07, 6.45) is 0.547. The number of halogens is 1. The quantitative estimate of drug-likeness (QED) is 0.668. The van der Waals surface area contributed by atoms with Gasteiger partial charge in [0.1, 0.15) is 18.5 Å². The molecular formula is C19H28ClNO2S. The molecule has 0 fully saturated rings. The number of aliphatic hydroxyl groups excluding tert-OH is 1. The van der Waals surface area contributed by atoms with E-state index in [0.717, 1.165) is 12.2 Å². The Morgan fingerprint density at radius 3 is 2.58 bits per heavy atom. The van der Waals surface area contributed by atoms with Crippen LogP contribution in [0.15, 0.2) is 41.8 Å².